The predicted molar refractivity (Wildman–Crippen MR) is 97.4 cm³/mol. The van der Waals surface area contributed by atoms with Gasteiger partial charge in [0.1, 0.15) is 5.69 Å². The van der Waals surface area contributed by atoms with Gasteiger partial charge in [0.05, 0.1) is 11.6 Å². The molecule has 1 amide bonds. The maximum absolute atomic E-state index is 12.5. The number of amides is 1. The molecule has 0 atom stereocenters. The normalized spacial score (nSPS) is 19.2. The van der Waals surface area contributed by atoms with Crippen LogP contribution in [0.2, 0.25) is 0 Å². The number of rotatable bonds is 2. The molecule has 0 spiro atoms. The summed E-state index contributed by atoms with van der Waals surface area (Å²) in [7, 11) is -0.440. The van der Waals surface area contributed by atoms with Gasteiger partial charge < -0.3 is 10.3 Å². The van der Waals surface area contributed by atoms with Gasteiger partial charge in [-0.05, 0) is 67.5 Å². The van der Waals surface area contributed by atoms with Gasteiger partial charge in [-0.2, -0.15) is 5.26 Å². The lowest BCUT2D eigenvalue weighted by molar-refractivity contribution is 0.0930. The summed E-state index contributed by atoms with van der Waals surface area (Å²) in [4.78, 5) is 15.7. The monoisotopic (exact) mass is 329 g/mol. The molecule has 1 aliphatic rings. The highest BCUT2D eigenvalue weighted by molar-refractivity contribution is 8.32. The van der Waals surface area contributed by atoms with Crippen LogP contribution in [0.5, 0.6) is 0 Å². The molecule has 0 radical (unpaired) electrons. The zero-order chi connectivity index (χ0) is 16.6. The molecule has 0 aliphatic carbocycles. The second kappa shape index (κ2) is 5.93. The number of nitrogens with zero attached hydrogens (tertiary/aromatic N) is 1. The summed E-state index contributed by atoms with van der Waals surface area (Å²) in [6.45, 7) is 1.96. The van der Waals surface area contributed by atoms with Crippen LogP contribution in [0.3, 0.4) is 0 Å². The average molecular weight is 329 g/mol. The largest absolute Gasteiger partial charge is 0.350 e. The lowest BCUT2D eigenvalue weighted by Gasteiger charge is -2.39. The summed E-state index contributed by atoms with van der Waals surface area (Å²) in [5.74, 6) is 2.42. The Kier molecular flexibility index (Phi) is 4.11. The smallest absolute Gasteiger partial charge is 0.267 e. The molecule has 2 heterocycles. The molecule has 3 rings (SSSR count). The van der Waals surface area contributed by atoms with Crippen LogP contribution < -0.4 is 5.32 Å². The summed E-state index contributed by atoms with van der Waals surface area (Å²) >= 11 is 0. The standard InChI is InChI=1S/C18H23N3OS/c1-12-8-13(11-19)9-16-15(12)10-17(21-16)18(22)20-14-4-6-23(2,3)7-5-14/h8-10,14,21H,4-7H2,1-3H3,(H,20,22). The quantitative estimate of drug-likeness (QED) is 0.887. The number of nitriles is 1. The number of nitrogens with one attached hydrogen (secondary N) is 2. The minimum atomic E-state index is -0.440. The summed E-state index contributed by atoms with van der Waals surface area (Å²) < 4.78 is 0. The Bertz CT molecular complexity index is 790. The van der Waals surface area contributed by atoms with E-state index >= 15 is 0 Å². The van der Waals surface area contributed by atoms with E-state index in [-0.39, 0.29) is 11.9 Å². The van der Waals surface area contributed by atoms with E-state index in [0.717, 1.165) is 29.3 Å². The van der Waals surface area contributed by atoms with E-state index in [1.807, 2.05) is 19.1 Å². The van der Waals surface area contributed by atoms with Crippen LogP contribution in [0.1, 0.15) is 34.5 Å². The minimum Gasteiger partial charge on any atom is -0.350 e. The fraction of sp³-hybridized carbons (Fsp3) is 0.444. The Morgan fingerprint density at radius 1 is 1.30 bits per heavy atom. The third-order valence-corrected chi connectivity index (χ3v) is 7.37. The summed E-state index contributed by atoms with van der Waals surface area (Å²) in [6.07, 6.45) is 6.90. The van der Waals surface area contributed by atoms with Gasteiger partial charge in [0.25, 0.3) is 5.91 Å². The highest BCUT2D eigenvalue weighted by atomic mass is 32.3. The third-order valence-electron chi connectivity index (χ3n) is 4.69. The molecule has 0 bridgehead atoms. The van der Waals surface area contributed by atoms with Crippen molar-refractivity contribution >= 4 is 26.8 Å². The van der Waals surface area contributed by atoms with Gasteiger partial charge in [-0.1, -0.05) is 0 Å². The number of carbonyl (C=O) groups excluding carboxylic acids is 1. The molecular weight excluding hydrogens is 306 g/mol. The van der Waals surface area contributed by atoms with Crippen molar-refractivity contribution in [2.24, 2.45) is 0 Å². The van der Waals surface area contributed by atoms with E-state index in [4.69, 9.17) is 5.26 Å². The molecule has 4 nitrogen and oxygen atoms in total. The number of benzene rings is 1. The molecule has 1 aliphatic heterocycles. The van der Waals surface area contributed by atoms with Crippen LogP contribution in [0.25, 0.3) is 10.9 Å². The maximum atomic E-state index is 12.5. The van der Waals surface area contributed by atoms with Crippen molar-refractivity contribution in [1.29, 1.82) is 5.26 Å². The first-order chi connectivity index (χ1) is 10.9. The Morgan fingerprint density at radius 2 is 2.00 bits per heavy atom. The highest BCUT2D eigenvalue weighted by Gasteiger charge is 2.25. The average Bonchev–Trinajstić information content (AvgIpc) is 2.94. The summed E-state index contributed by atoms with van der Waals surface area (Å²) in [5, 5.41) is 13.2. The number of hydrogen-bond donors (Lipinski definition) is 2. The van der Waals surface area contributed by atoms with Crippen LogP contribution in [0, 0.1) is 18.3 Å². The van der Waals surface area contributed by atoms with Gasteiger partial charge in [-0.15, -0.1) is 0 Å². The van der Waals surface area contributed by atoms with Crippen LogP contribution in [-0.4, -0.2) is 41.0 Å². The molecular formula is C18H23N3OS. The number of aryl methyl sites for hydroxylation is 1. The number of aromatic amines is 1. The predicted octanol–water partition coefficient (Wildman–Crippen LogP) is 3.30. The first-order valence-corrected chi connectivity index (χ1v) is 10.7. The Labute approximate surface area is 138 Å². The van der Waals surface area contributed by atoms with Crippen molar-refractivity contribution in [1.82, 2.24) is 10.3 Å². The molecule has 23 heavy (non-hydrogen) atoms. The fourth-order valence-electron chi connectivity index (χ4n) is 3.18. The molecule has 0 saturated carbocycles. The van der Waals surface area contributed by atoms with Gasteiger partial charge in [-0.25, -0.2) is 10.0 Å². The lowest BCUT2D eigenvalue weighted by atomic mass is 10.1. The number of carbonyl (C=O) groups is 1. The molecule has 2 aromatic rings. The van der Waals surface area contributed by atoms with Crippen molar-refractivity contribution in [3.8, 4) is 6.07 Å². The number of aromatic nitrogens is 1. The van der Waals surface area contributed by atoms with E-state index in [9.17, 15) is 4.79 Å². The molecule has 1 fully saturated rings. The van der Waals surface area contributed by atoms with Crippen molar-refractivity contribution in [2.75, 3.05) is 24.0 Å². The molecule has 2 N–H and O–H groups in total. The second-order valence-corrected chi connectivity index (χ2v) is 11.3. The minimum absolute atomic E-state index is 0.0428. The van der Waals surface area contributed by atoms with Gasteiger partial charge in [0, 0.05) is 16.9 Å². The van der Waals surface area contributed by atoms with E-state index < -0.39 is 10.0 Å². The zero-order valence-corrected chi connectivity index (χ0v) is 14.7. The summed E-state index contributed by atoms with van der Waals surface area (Å²) in [5.41, 5.74) is 3.05. The number of fused-ring (bicyclic) bond motifs is 1. The van der Waals surface area contributed by atoms with E-state index in [0.29, 0.717) is 11.3 Å². The van der Waals surface area contributed by atoms with Gasteiger partial charge in [0.15, 0.2) is 0 Å². The maximum Gasteiger partial charge on any atom is 0.267 e. The van der Waals surface area contributed by atoms with E-state index in [2.05, 4.69) is 28.9 Å². The zero-order valence-electron chi connectivity index (χ0n) is 13.9. The van der Waals surface area contributed by atoms with Gasteiger partial charge >= 0.3 is 0 Å². The van der Waals surface area contributed by atoms with Crippen molar-refractivity contribution in [3.63, 3.8) is 0 Å². The second-order valence-electron chi connectivity index (χ2n) is 6.97. The van der Waals surface area contributed by atoms with E-state index in [1.54, 1.807) is 6.07 Å². The Balaban J connectivity index is 1.77. The van der Waals surface area contributed by atoms with Crippen LogP contribution in [0.15, 0.2) is 18.2 Å². The summed E-state index contributed by atoms with van der Waals surface area (Å²) in [6, 6.07) is 7.97. The van der Waals surface area contributed by atoms with Crippen molar-refractivity contribution in [2.45, 2.75) is 25.8 Å². The SMILES string of the molecule is Cc1cc(C#N)cc2[nH]c(C(=O)NC3CCS(C)(C)CC3)cc12. The van der Waals surface area contributed by atoms with Crippen molar-refractivity contribution in [3.05, 3.63) is 35.0 Å². The molecule has 1 aromatic carbocycles. The van der Waals surface area contributed by atoms with E-state index in [1.165, 1.54) is 11.5 Å². The van der Waals surface area contributed by atoms with Crippen LogP contribution >= 0.6 is 10.0 Å². The Morgan fingerprint density at radius 3 is 2.65 bits per heavy atom. The third kappa shape index (κ3) is 3.37. The lowest BCUT2D eigenvalue weighted by Crippen LogP contribution is -2.39. The molecule has 122 valence electrons. The van der Waals surface area contributed by atoms with Crippen LogP contribution in [-0.2, 0) is 0 Å². The van der Waals surface area contributed by atoms with Crippen molar-refractivity contribution < 1.29 is 4.79 Å². The van der Waals surface area contributed by atoms with Crippen LogP contribution in [0.4, 0.5) is 0 Å². The molecule has 0 unspecified atom stereocenters. The fourth-order valence-corrected chi connectivity index (χ4v) is 5.23. The molecule has 1 aromatic heterocycles. The highest BCUT2D eigenvalue weighted by Crippen LogP contribution is 2.44. The van der Waals surface area contributed by atoms with Gasteiger partial charge in [0.2, 0.25) is 0 Å². The number of hydrogen-bond acceptors (Lipinski definition) is 2. The first kappa shape index (κ1) is 15.9. The molecule has 1 saturated heterocycles. The number of H-pyrrole nitrogens is 1. The molecule has 5 heteroatoms. The topological polar surface area (TPSA) is 68.7 Å². The van der Waals surface area contributed by atoms with Gasteiger partial charge in [-0.3, -0.25) is 4.79 Å². The first-order valence-electron chi connectivity index (χ1n) is 7.91. The Hall–Kier alpha value is -1.93.